The predicted octanol–water partition coefficient (Wildman–Crippen LogP) is 2.06. The summed E-state index contributed by atoms with van der Waals surface area (Å²) >= 11 is 0. The van der Waals surface area contributed by atoms with Crippen molar-refractivity contribution in [1.29, 1.82) is 5.26 Å². The summed E-state index contributed by atoms with van der Waals surface area (Å²) in [4.78, 5) is 18.2. The molecule has 0 spiro atoms. The second-order valence-corrected chi connectivity index (χ2v) is 5.79. The molecule has 1 saturated heterocycles. The number of piperidine rings is 1. The first-order valence-electron chi connectivity index (χ1n) is 7.76. The molecule has 1 amide bonds. The third-order valence-electron chi connectivity index (χ3n) is 4.03. The van der Waals surface area contributed by atoms with E-state index in [4.69, 9.17) is 5.26 Å². The van der Waals surface area contributed by atoms with Crippen molar-refractivity contribution >= 4 is 11.7 Å². The fourth-order valence-corrected chi connectivity index (χ4v) is 2.82. The predicted molar refractivity (Wildman–Crippen MR) is 86.3 cm³/mol. The van der Waals surface area contributed by atoms with E-state index in [1.807, 2.05) is 29.0 Å². The van der Waals surface area contributed by atoms with Crippen molar-refractivity contribution in [2.45, 2.75) is 19.4 Å². The number of anilines is 1. The molecule has 1 fully saturated rings. The van der Waals surface area contributed by atoms with Gasteiger partial charge in [0, 0.05) is 25.8 Å². The second kappa shape index (κ2) is 6.97. The number of likely N-dealkylation sites (tertiary alicyclic amines) is 1. The van der Waals surface area contributed by atoms with Crippen LogP contribution in [-0.2, 0) is 11.3 Å². The van der Waals surface area contributed by atoms with Gasteiger partial charge in [-0.1, -0.05) is 30.3 Å². The monoisotopic (exact) mass is 309 g/mol. The van der Waals surface area contributed by atoms with Gasteiger partial charge in [0.15, 0.2) is 12.0 Å². The smallest absolute Gasteiger partial charge is 0.230 e. The second-order valence-electron chi connectivity index (χ2n) is 5.79. The Kier molecular flexibility index (Phi) is 4.57. The van der Waals surface area contributed by atoms with Crippen molar-refractivity contribution < 1.29 is 4.79 Å². The lowest BCUT2D eigenvalue weighted by molar-refractivity contribution is -0.121. The van der Waals surface area contributed by atoms with Crippen molar-refractivity contribution in [2.24, 2.45) is 5.92 Å². The molecule has 6 nitrogen and oxygen atoms in total. The zero-order valence-corrected chi connectivity index (χ0v) is 12.9. The van der Waals surface area contributed by atoms with E-state index in [1.165, 1.54) is 5.56 Å². The highest BCUT2D eigenvalue weighted by Gasteiger charge is 2.25. The van der Waals surface area contributed by atoms with E-state index in [0.29, 0.717) is 12.4 Å². The number of nitrogens with one attached hydrogen (secondary N) is 1. The number of rotatable bonds is 4. The van der Waals surface area contributed by atoms with E-state index >= 15 is 0 Å². The molecule has 1 aliphatic rings. The number of aromatic nitrogens is 2. The highest BCUT2D eigenvalue weighted by Crippen LogP contribution is 2.17. The topological polar surface area (TPSA) is 74.0 Å². The first-order chi connectivity index (χ1) is 11.2. The minimum absolute atomic E-state index is 0.0603. The van der Waals surface area contributed by atoms with Gasteiger partial charge in [-0.25, -0.2) is 4.98 Å². The van der Waals surface area contributed by atoms with Crippen LogP contribution in [0.5, 0.6) is 0 Å². The molecule has 3 rings (SSSR count). The number of amides is 1. The Morgan fingerprint density at radius 3 is 3.00 bits per heavy atom. The molecule has 2 aromatic rings. The van der Waals surface area contributed by atoms with Crippen LogP contribution in [-0.4, -0.2) is 33.4 Å². The minimum Gasteiger partial charge on any atom is -0.331 e. The van der Waals surface area contributed by atoms with Gasteiger partial charge in [0.2, 0.25) is 5.91 Å². The summed E-state index contributed by atoms with van der Waals surface area (Å²) in [6.45, 7) is 1.95. The van der Waals surface area contributed by atoms with Crippen molar-refractivity contribution in [1.82, 2.24) is 14.5 Å². The van der Waals surface area contributed by atoms with Crippen LogP contribution in [0.3, 0.4) is 0 Å². The number of imidazole rings is 1. The molecule has 0 aliphatic carbocycles. The molecular formula is C17H19N5O. The summed E-state index contributed by atoms with van der Waals surface area (Å²) in [5.74, 6) is 0.345. The Morgan fingerprint density at radius 1 is 1.39 bits per heavy atom. The van der Waals surface area contributed by atoms with Crippen LogP contribution in [0.4, 0.5) is 5.82 Å². The van der Waals surface area contributed by atoms with Crippen LogP contribution < -0.4 is 5.32 Å². The van der Waals surface area contributed by atoms with Gasteiger partial charge in [-0.3, -0.25) is 4.79 Å². The maximum Gasteiger partial charge on any atom is 0.230 e. The quantitative estimate of drug-likeness (QED) is 0.877. The summed E-state index contributed by atoms with van der Waals surface area (Å²) in [6, 6.07) is 10.1. The molecule has 0 unspecified atom stereocenters. The zero-order chi connectivity index (χ0) is 16.1. The van der Waals surface area contributed by atoms with Crippen molar-refractivity contribution in [3.63, 3.8) is 0 Å². The van der Waals surface area contributed by atoms with Crippen LogP contribution in [0.25, 0.3) is 0 Å². The fraction of sp³-hybridized carbons (Fsp3) is 0.353. The van der Waals surface area contributed by atoms with E-state index in [1.54, 1.807) is 11.2 Å². The lowest BCUT2D eigenvalue weighted by Crippen LogP contribution is -2.38. The third-order valence-corrected chi connectivity index (χ3v) is 4.03. The molecule has 1 aliphatic heterocycles. The maximum absolute atomic E-state index is 12.3. The summed E-state index contributed by atoms with van der Waals surface area (Å²) in [7, 11) is 0. The van der Waals surface area contributed by atoms with Gasteiger partial charge in [-0.05, 0) is 18.4 Å². The standard InChI is InChI=1S/C17H19N5O/c18-12-21-8-4-7-15(10-21)17(23)20-16-11-22(13-19-16)9-14-5-2-1-3-6-14/h1-3,5-6,11,13,15H,4,7-10H2,(H,20,23)/t15-/m0/s1. The number of nitriles is 1. The van der Waals surface area contributed by atoms with Crippen LogP contribution >= 0.6 is 0 Å². The van der Waals surface area contributed by atoms with Gasteiger partial charge >= 0.3 is 0 Å². The van der Waals surface area contributed by atoms with Gasteiger partial charge in [0.05, 0.1) is 12.2 Å². The molecule has 23 heavy (non-hydrogen) atoms. The molecule has 1 atom stereocenters. The normalized spacial score (nSPS) is 17.5. The average Bonchev–Trinajstić information content (AvgIpc) is 3.02. The van der Waals surface area contributed by atoms with Crippen molar-refractivity contribution in [3.05, 3.63) is 48.4 Å². The summed E-state index contributed by atoms with van der Waals surface area (Å²) in [5.41, 5.74) is 1.18. The average molecular weight is 309 g/mol. The summed E-state index contributed by atoms with van der Waals surface area (Å²) < 4.78 is 1.94. The maximum atomic E-state index is 12.3. The van der Waals surface area contributed by atoms with Crippen molar-refractivity contribution in [2.75, 3.05) is 18.4 Å². The number of carbonyl (C=O) groups is 1. The fourth-order valence-electron chi connectivity index (χ4n) is 2.82. The van der Waals surface area contributed by atoms with Gasteiger partial charge < -0.3 is 14.8 Å². The molecule has 1 aromatic heterocycles. The van der Waals surface area contributed by atoms with Gasteiger partial charge in [0.1, 0.15) is 0 Å². The number of hydrogen-bond acceptors (Lipinski definition) is 4. The Morgan fingerprint density at radius 2 is 2.22 bits per heavy atom. The lowest BCUT2D eigenvalue weighted by atomic mass is 9.98. The van der Waals surface area contributed by atoms with E-state index in [2.05, 4.69) is 28.6 Å². The van der Waals surface area contributed by atoms with Gasteiger partial charge in [-0.15, -0.1) is 0 Å². The highest BCUT2D eigenvalue weighted by molar-refractivity contribution is 5.91. The SMILES string of the molecule is N#CN1CCC[C@H](C(=O)Nc2cn(Cc3ccccc3)cn2)C1. The number of benzene rings is 1. The van der Waals surface area contributed by atoms with Crippen LogP contribution in [0, 0.1) is 17.4 Å². The Balaban J connectivity index is 1.58. The molecule has 0 radical (unpaired) electrons. The largest absolute Gasteiger partial charge is 0.331 e. The van der Waals surface area contributed by atoms with E-state index in [0.717, 1.165) is 25.9 Å². The van der Waals surface area contributed by atoms with E-state index in [9.17, 15) is 4.79 Å². The minimum atomic E-state index is -0.150. The molecule has 118 valence electrons. The Hall–Kier alpha value is -2.81. The van der Waals surface area contributed by atoms with E-state index < -0.39 is 0 Å². The molecule has 2 heterocycles. The van der Waals surface area contributed by atoms with Crippen LogP contribution in [0.1, 0.15) is 18.4 Å². The molecule has 1 aromatic carbocycles. The first-order valence-corrected chi connectivity index (χ1v) is 7.76. The number of hydrogen-bond donors (Lipinski definition) is 1. The van der Waals surface area contributed by atoms with Crippen LogP contribution in [0.2, 0.25) is 0 Å². The van der Waals surface area contributed by atoms with Crippen molar-refractivity contribution in [3.8, 4) is 6.19 Å². The van der Waals surface area contributed by atoms with Crippen LogP contribution in [0.15, 0.2) is 42.9 Å². The molecule has 0 saturated carbocycles. The third kappa shape index (κ3) is 3.89. The molecular weight excluding hydrogens is 290 g/mol. The summed E-state index contributed by atoms with van der Waals surface area (Å²) in [6.07, 6.45) is 7.34. The zero-order valence-electron chi connectivity index (χ0n) is 12.9. The Bertz CT molecular complexity index is 703. The Labute approximate surface area is 135 Å². The highest BCUT2D eigenvalue weighted by atomic mass is 16.2. The number of carbonyl (C=O) groups excluding carboxylic acids is 1. The molecule has 6 heteroatoms. The van der Waals surface area contributed by atoms with E-state index in [-0.39, 0.29) is 11.8 Å². The number of nitrogens with zero attached hydrogens (tertiary/aromatic N) is 4. The summed E-state index contributed by atoms with van der Waals surface area (Å²) in [5, 5.41) is 11.8. The molecule has 1 N–H and O–H groups in total. The molecule has 0 bridgehead atoms. The lowest BCUT2D eigenvalue weighted by Gasteiger charge is -2.27. The van der Waals surface area contributed by atoms with Gasteiger partial charge in [0.25, 0.3) is 0 Å². The first kappa shape index (κ1) is 15.1. The van der Waals surface area contributed by atoms with Gasteiger partial charge in [-0.2, -0.15) is 5.26 Å².